The molecule has 1 aromatic heterocycles. The fraction of sp³-hybridized carbons (Fsp3) is 0.318. The molecule has 2 heterocycles. The number of aromatic nitrogens is 3. The fourth-order valence-corrected chi connectivity index (χ4v) is 4.32. The van der Waals surface area contributed by atoms with Gasteiger partial charge in [-0.15, -0.1) is 10.2 Å². The summed E-state index contributed by atoms with van der Waals surface area (Å²) in [4.78, 5) is 11.6. The van der Waals surface area contributed by atoms with Crippen LogP contribution in [0.5, 0.6) is 5.75 Å². The van der Waals surface area contributed by atoms with Crippen molar-refractivity contribution in [1.29, 1.82) is 0 Å². The molecular weight excluding hydrogens is 488 g/mol. The zero-order valence-electron chi connectivity index (χ0n) is 17.5. The van der Waals surface area contributed by atoms with Crippen LogP contribution in [0.3, 0.4) is 0 Å². The number of ether oxygens (including phenoxy) is 2. The summed E-state index contributed by atoms with van der Waals surface area (Å²) in [6, 6.07) is 10.6. The van der Waals surface area contributed by atoms with Crippen molar-refractivity contribution in [2.24, 2.45) is 0 Å². The van der Waals surface area contributed by atoms with E-state index in [2.05, 4.69) is 26.1 Å². The van der Waals surface area contributed by atoms with Crippen molar-refractivity contribution in [2.75, 3.05) is 7.11 Å². The van der Waals surface area contributed by atoms with Crippen LogP contribution in [-0.4, -0.2) is 33.0 Å². The Balaban J connectivity index is 2.03. The maximum atomic E-state index is 14.4. The van der Waals surface area contributed by atoms with Gasteiger partial charge in [-0.05, 0) is 42.3 Å². The molecule has 0 fully saturated rings. The highest BCUT2D eigenvalue weighted by atomic mass is 79.9. The van der Waals surface area contributed by atoms with Crippen LogP contribution in [0.2, 0.25) is 0 Å². The highest BCUT2D eigenvalue weighted by Crippen LogP contribution is 2.45. The average molecular weight is 508 g/mol. The highest BCUT2D eigenvalue weighted by molar-refractivity contribution is 9.10. The second kappa shape index (κ2) is 8.25. The van der Waals surface area contributed by atoms with Gasteiger partial charge in [-0.1, -0.05) is 28.1 Å². The second-order valence-electron chi connectivity index (χ2n) is 7.59. The Hall–Kier alpha value is -2.85. The number of hydrogen-bond donors (Lipinski definition) is 1. The van der Waals surface area contributed by atoms with Crippen molar-refractivity contribution in [3.63, 3.8) is 0 Å². The van der Waals surface area contributed by atoms with Gasteiger partial charge in [0, 0.05) is 17.0 Å². The molecule has 0 amide bonds. The van der Waals surface area contributed by atoms with Gasteiger partial charge in [-0.2, -0.15) is 8.78 Å². The lowest BCUT2D eigenvalue weighted by atomic mass is 9.95. The number of fused-ring (bicyclic) bond motifs is 3. The summed E-state index contributed by atoms with van der Waals surface area (Å²) in [7, 11) is 1.55. The first-order valence-corrected chi connectivity index (χ1v) is 10.5. The minimum Gasteiger partial charge on any atom is -0.496 e. The van der Waals surface area contributed by atoms with Crippen LogP contribution in [0.15, 0.2) is 40.9 Å². The predicted octanol–water partition coefficient (Wildman–Crippen LogP) is 5.09. The van der Waals surface area contributed by atoms with E-state index in [0.717, 1.165) is 18.1 Å². The summed E-state index contributed by atoms with van der Waals surface area (Å²) in [6.07, 6.45) is -2.35. The molecule has 0 bridgehead atoms. The van der Waals surface area contributed by atoms with Crippen molar-refractivity contribution in [3.05, 3.63) is 69.2 Å². The molecule has 2 aromatic carbocycles. The average Bonchev–Trinajstić information content (AvgIpc) is 3.12. The Morgan fingerprint density at radius 3 is 2.69 bits per heavy atom. The first kappa shape index (κ1) is 22.3. The van der Waals surface area contributed by atoms with Gasteiger partial charge in [0.05, 0.1) is 19.2 Å². The molecule has 0 saturated heterocycles. The number of rotatable bonds is 5. The molecular formula is C22H20BrF2N3O4. The van der Waals surface area contributed by atoms with Gasteiger partial charge in [0.15, 0.2) is 5.82 Å². The standard InChI is InChI=1S/C22H20BrF2N3O4/c1-11-13(5-4-6-16(11)31-3)19-14-9-12(23)7-8-15(14)28-20(17(32-19)10-18(29)30)26-27-21(28)22(2,24)25/h4-9,17,19H,10H2,1-3H3,(H,29,30)/t17-,19-/m1/s1. The number of carboxylic acid groups (broad SMARTS) is 1. The monoisotopic (exact) mass is 507 g/mol. The number of nitrogens with zero attached hydrogens (tertiary/aromatic N) is 3. The Kier molecular flexibility index (Phi) is 5.76. The third-order valence-electron chi connectivity index (χ3n) is 5.37. The van der Waals surface area contributed by atoms with Gasteiger partial charge in [0.2, 0.25) is 5.82 Å². The maximum Gasteiger partial charge on any atom is 0.306 e. The number of methoxy groups -OCH3 is 1. The van der Waals surface area contributed by atoms with E-state index in [0.29, 0.717) is 21.5 Å². The van der Waals surface area contributed by atoms with E-state index in [9.17, 15) is 18.7 Å². The van der Waals surface area contributed by atoms with E-state index in [4.69, 9.17) is 9.47 Å². The molecule has 4 rings (SSSR count). The summed E-state index contributed by atoms with van der Waals surface area (Å²) in [5.74, 6) is -4.41. The lowest BCUT2D eigenvalue weighted by Crippen LogP contribution is -2.18. The van der Waals surface area contributed by atoms with Crippen LogP contribution < -0.4 is 4.74 Å². The molecule has 1 N–H and O–H groups in total. The molecule has 0 unspecified atom stereocenters. The Bertz CT molecular complexity index is 1190. The molecule has 7 nitrogen and oxygen atoms in total. The van der Waals surface area contributed by atoms with Crippen molar-refractivity contribution in [1.82, 2.24) is 14.8 Å². The number of carbonyl (C=O) groups is 1. The van der Waals surface area contributed by atoms with Crippen molar-refractivity contribution >= 4 is 21.9 Å². The Labute approximate surface area is 191 Å². The lowest BCUT2D eigenvalue weighted by Gasteiger charge is -2.24. The fourth-order valence-electron chi connectivity index (χ4n) is 3.94. The SMILES string of the molecule is COc1cccc([C@H]2O[C@H](CC(=O)O)c3nnc(C(C)(F)F)n3-c3ccc(Br)cc32)c1C. The second-order valence-corrected chi connectivity index (χ2v) is 8.50. The van der Waals surface area contributed by atoms with Gasteiger partial charge >= 0.3 is 11.9 Å². The van der Waals surface area contributed by atoms with E-state index < -0.39 is 36.3 Å². The molecule has 1 aliphatic heterocycles. The zero-order valence-corrected chi connectivity index (χ0v) is 19.1. The third-order valence-corrected chi connectivity index (χ3v) is 5.86. The molecule has 3 aromatic rings. The molecule has 10 heteroatoms. The van der Waals surface area contributed by atoms with Gasteiger partial charge < -0.3 is 14.6 Å². The van der Waals surface area contributed by atoms with Crippen LogP contribution in [0.4, 0.5) is 8.78 Å². The van der Waals surface area contributed by atoms with Crippen molar-refractivity contribution < 1.29 is 28.2 Å². The van der Waals surface area contributed by atoms with Gasteiger partial charge in [0.1, 0.15) is 18.0 Å². The zero-order chi connectivity index (χ0) is 23.2. The number of carboxylic acids is 1. The molecule has 1 aliphatic rings. The maximum absolute atomic E-state index is 14.4. The minimum absolute atomic E-state index is 0.00977. The van der Waals surface area contributed by atoms with Gasteiger partial charge in [0.25, 0.3) is 0 Å². The summed E-state index contributed by atoms with van der Waals surface area (Å²) < 4.78 is 42.6. The summed E-state index contributed by atoms with van der Waals surface area (Å²) in [5.41, 5.74) is 2.47. The molecule has 0 aliphatic carbocycles. The quantitative estimate of drug-likeness (QED) is 0.517. The van der Waals surface area contributed by atoms with E-state index >= 15 is 0 Å². The van der Waals surface area contributed by atoms with Crippen molar-refractivity contribution in [2.45, 2.75) is 38.4 Å². The summed E-state index contributed by atoms with van der Waals surface area (Å²) in [5, 5.41) is 17.1. The topological polar surface area (TPSA) is 86.5 Å². The summed E-state index contributed by atoms with van der Waals surface area (Å²) in [6.45, 7) is 2.59. The van der Waals surface area contributed by atoms with E-state index in [1.165, 1.54) is 4.57 Å². The largest absolute Gasteiger partial charge is 0.496 e. The van der Waals surface area contributed by atoms with Gasteiger partial charge in [-0.3, -0.25) is 9.36 Å². The smallest absolute Gasteiger partial charge is 0.306 e. The van der Waals surface area contributed by atoms with E-state index in [1.807, 2.05) is 13.0 Å². The number of aliphatic carboxylic acids is 1. The minimum atomic E-state index is -3.31. The summed E-state index contributed by atoms with van der Waals surface area (Å²) >= 11 is 3.44. The number of benzene rings is 2. The van der Waals surface area contributed by atoms with Crippen LogP contribution in [0, 0.1) is 6.92 Å². The highest BCUT2D eigenvalue weighted by Gasteiger charge is 2.40. The van der Waals surface area contributed by atoms with Crippen LogP contribution >= 0.6 is 15.9 Å². The lowest BCUT2D eigenvalue weighted by molar-refractivity contribution is -0.141. The normalized spacial score (nSPS) is 17.9. The van der Waals surface area contributed by atoms with Crippen LogP contribution in [-0.2, 0) is 15.5 Å². The number of alkyl halides is 2. The molecule has 32 heavy (non-hydrogen) atoms. The van der Waals surface area contributed by atoms with Crippen LogP contribution in [0.1, 0.15) is 53.9 Å². The third kappa shape index (κ3) is 3.88. The van der Waals surface area contributed by atoms with Crippen molar-refractivity contribution in [3.8, 4) is 11.4 Å². The van der Waals surface area contributed by atoms with E-state index in [-0.39, 0.29) is 5.82 Å². The molecule has 2 atom stereocenters. The molecule has 0 spiro atoms. The number of hydrogen-bond acceptors (Lipinski definition) is 5. The van der Waals surface area contributed by atoms with Crippen LogP contribution in [0.25, 0.3) is 5.69 Å². The van der Waals surface area contributed by atoms with E-state index in [1.54, 1.807) is 37.4 Å². The first-order chi connectivity index (χ1) is 15.1. The predicted molar refractivity (Wildman–Crippen MR) is 114 cm³/mol. The number of halogens is 3. The first-order valence-electron chi connectivity index (χ1n) is 9.76. The molecule has 0 saturated carbocycles. The molecule has 168 valence electrons. The Morgan fingerprint density at radius 2 is 2.03 bits per heavy atom. The molecule has 0 radical (unpaired) electrons. The Morgan fingerprint density at radius 1 is 1.28 bits per heavy atom. The van der Waals surface area contributed by atoms with Gasteiger partial charge in [-0.25, -0.2) is 0 Å².